The Morgan fingerprint density at radius 1 is 1.00 bits per heavy atom. The number of hydrogen-bond donors (Lipinski definition) is 1. The van der Waals surface area contributed by atoms with E-state index in [9.17, 15) is 4.79 Å². The van der Waals surface area contributed by atoms with Gasteiger partial charge in [0.15, 0.2) is 0 Å². The minimum atomic E-state index is -0.0177. The highest BCUT2D eigenvalue weighted by Gasteiger charge is 2.12. The van der Waals surface area contributed by atoms with Crippen molar-refractivity contribution in [2.75, 3.05) is 13.2 Å². The van der Waals surface area contributed by atoms with Crippen LogP contribution in [0.1, 0.15) is 66.3 Å². The number of carbonyl (C=O) groups excluding carboxylic acids is 1. The zero-order valence-corrected chi connectivity index (χ0v) is 21.7. The molecule has 0 radical (unpaired) electrons. The van der Waals surface area contributed by atoms with Crippen LogP contribution in [0, 0.1) is 6.92 Å². The van der Waals surface area contributed by atoms with Crippen LogP contribution in [0.25, 0.3) is 11.0 Å². The van der Waals surface area contributed by atoms with Gasteiger partial charge < -0.3 is 14.6 Å². The van der Waals surface area contributed by atoms with Gasteiger partial charge in [-0.15, -0.1) is 0 Å². The van der Waals surface area contributed by atoms with E-state index in [1.165, 1.54) is 5.56 Å². The average Bonchev–Trinajstić information content (AvgIpc) is 3.26. The first kappa shape index (κ1) is 25.5. The third-order valence-electron chi connectivity index (χ3n) is 6.84. The number of carbonyl (C=O) groups is 1. The molecule has 0 saturated heterocycles. The van der Waals surface area contributed by atoms with Gasteiger partial charge in [-0.1, -0.05) is 56.3 Å². The summed E-state index contributed by atoms with van der Waals surface area (Å²) in [5.74, 6) is 2.53. The molecule has 0 spiro atoms. The van der Waals surface area contributed by atoms with Gasteiger partial charge in [0, 0.05) is 25.1 Å². The normalized spacial score (nSPS) is 12.0. The van der Waals surface area contributed by atoms with Crippen molar-refractivity contribution in [1.82, 2.24) is 14.9 Å². The molecule has 1 heterocycles. The lowest BCUT2D eigenvalue weighted by molar-refractivity contribution is 0.0952. The van der Waals surface area contributed by atoms with Gasteiger partial charge in [-0.25, -0.2) is 4.98 Å². The summed E-state index contributed by atoms with van der Waals surface area (Å²) < 4.78 is 8.32. The molecule has 0 aliphatic heterocycles. The fourth-order valence-electron chi connectivity index (χ4n) is 4.48. The number of hydrogen-bond acceptors (Lipinski definition) is 3. The van der Waals surface area contributed by atoms with Crippen LogP contribution in [-0.2, 0) is 13.0 Å². The predicted octanol–water partition coefficient (Wildman–Crippen LogP) is 6.69. The smallest absolute Gasteiger partial charge is 0.251 e. The summed E-state index contributed by atoms with van der Waals surface area (Å²) in [6.07, 6.45) is 3.67. The molecule has 5 heteroatoms. The monoisotopic (exact) mass is 483 g/mol. The second-order valence-corrected chi connectivity index (χ2v) is 9.42. The van der Waals surface area contributed by atoms with E-state index in [1.807, 2.05) is 37.3 Å². The second-order valence-electron chi connectivity index (χ2n) is 9.42. The molecule has 3 aromatic carbocycles. The Balaban J connectivity index is 1.31. The molecule has 1 unspecified atom stereocenters. The zero-order valence-electron chi connectivity index (χ0n) is 21.7. The summed E-state index contributed by atoms with van der Waals surface area (Å²) >= 11 is 0. The molecule has 1 atom stereocenters. The number of rotatable bonds is 12. The quantitative estimate of drug-likeness (QED) is 0.228. The van der Waals surface area contributed by atoms with Crippen molar-refractivity contribution in [3.8, 4) is 5.75 Å². The summed E-state index contributed by atoms with van der Waals surface area (Å²) in [6.45, 7) is 8.54. The molecule has 1 aromatic heterocycles. The fraction of sp³-hybridized carbons (Fsp3) is 0.355. The van der Waals surface area contributed by atoms with Crippen molar-refractivity contribution in [1.29, 1.82) is 0 Å². The number of nitrogens with zero attached hydrogens (tertiary/aromatic N) is 2. The van der Waals surface area contributed by atoms with Crippen molar-refractivity contribution >= 4 is 16.9 Å². The third kappa shape index (κ3) is 6.34. The Hall–Kier alpha value is -3.60. The molecule has 1 N–H and O–H groups in total. The number of aryl methyl sites for hydroxylation is 3. The van der Waals surface area contributed by atoms with E-state index in [0.29, 0.717) is 19.1 Å². The molecular formula is C31H37N3O2. The van der Waals surface area contributed by atoms with Crippen molar-refractivity contribution in [3.63, 3.8) is 0 Å². The maximum absolute atomic E-state index is 12.5. The molecule has 4 aromatic rings. The molecule has 0 fully saturated rings. The predicted molar refractivity (Wildman–Crippen MR) is 147 cm³/mol. The highest BCUT2D eigenvalue weighted by Crippen LogP contribution is 2.22. The van der Waals surface area contributed by atoms with E-state index in [-0.39, 0.29) is 5.91 Å². The number of amides is 1. The Morgan fingerprint density at radius 3 is 2.53 bits per heavy atom. The van der Waals surface area contributed by atoms with Crippen LogP contribution in [0.5, 0.6) is 5.75 Å². The third-order valence-corrected chi connectivity index (χ3v) is 6.84. The van der Waals surface area contributed by atoms with Crippen molar-refractivity contribution in [2.45, 2.75) is 58.9 Å². The lowest BCUT2D eigenvalue weighted by atomic mass is 9.99. The Labute approximate surface area is 214 Å². The molecule has 0 aliphatic rings. The van der Waals surface area contributed by atoms with Gasteiger partial charge in [-0.05, 0) is 73.6 Å². The first-order valence-electron chi connectivity index (χ1n) is 13.1. The molecule has 5 nitrogen and oxygen atoms in total. The Morgan fingerprint density at radius 2 is 1.75 bits per heavy atom. The van der Waals surface area contributed by atoms with E-state index in [0.717, 1.165) is 66.0 Å². The van der Waals surface area contributed by atoms with Crippen LogP contribution in [0.4, 0.5) is 0 Å². The van der Waals surface area contributed by atoms with Crippen molar-refractivity contribution in [2.24, 2.45) is 0 Å². The molecule has 0 saturated carbocycles. The van der Waals surface area contributed by atoms with E-state index in [1.54, 1.807) is 0 Å². The Bertz CT molecular complexity index is 1280. The lowest BCUT2D eigenvalue weighted by Crippen LogP contribution is -2.25. The number of para-hydroxylation sites is 2. The van der Waals surface area contributed by atoms with Gasteiger partial charge in [0.1, 0.15) is 11.6 Å². The van der Waals surface area contributed by atoms with E-state index in [2.05, 4.69) is 66.2 Å². The molecular weight excluding hydrogens is 446 g/mol. The number of ether oxygens (including phenoxy) is 1. The van der Waals surface area contributed by atoms with Crippen molar-refractivity contribution in [3.05, 3.63) is 95.3 Å². The number of imidazole rings is 1. The molecule has 188 valence electrons. The van der Waals surface area contributed by atoms with Gasteiger partial charge in [0.25, 0.3) is 5.91 Å². The largest absolute Gasteiger partial charge is 0.494 e. The number of fused-ring (bicyclic) bond motifs is 1. The minimum absolute atomic E-state index is 0.0177. The zero-order chi connectivity index (χ0) is 25.3. The maximum atomic E-state index is 12.5. The summed E-state index contributed by atoms with van der Waals surface area (Å²) in [7, 11) is 0. The van der Waals surface area contributed by atoms with Crippen LogP contribution < -0.4 is 10.1 Å². The molecule has 1 amide bonds. The van der Waals surface area contributed by atoms with E-state index in [4.69, 9.17) is 9.72 Å². The van der Waals surface area contributed by atoms with Crippen molar-refractivity contribution < 1.29 is 9.53 Å². The van der Waals surface area contributed by atoms with Crippen LogP contribution in [0.2, 0.25) is 0 Å². The van der Waals surface area contributed by atoms with Gasteiger partial charge >= 0.3 is 0 Å². The first-order chi connectivity index (χ1) is 17.6. The van der Waals surface area contributed by atoms with Crippen LogP contribution in [0.3, 0.4) is 0 Å². The standard InChI is InChI=1S/C31H37N3O2/c1-4-23(2)25-16-18-26(19-17-25)36-22-10-21-34-29-14-8-7-13-28(29)33-30(34)15-9-20-32-31(35)27-12-6-5-11-24(27)3/h5-8,11-14,16-19,23H,4,9-10,15,20-22H2,1-3H3,(H,32,35). The highest BCUT2D eigenvalue weighted by atomic mass is 16.5. The first-order valence-corrected chi connectivity index (χ1v) is 13.1. The number of aromatic nitrogens is 2. The van der Waals surface area contributed by atoms with Crippen LogP contribution in [-0.4, -0.2) is 28.6 Å². The SMILES string of the molecule is CCC(C)c1ccc(OCCCn2c(CCCNC(=O)c3ccccc3C)nc3ccccc32)cc1. The number of nitrogens with one attached hydrogen (secondary N) is 1. The highest BCUT2D eigenvalue weighted by molar-refractivity contribution is 5.95. The maximum Gasteiger partial charge on any atom is 0.251 e. The van der Waals surface area contributed by atoms with Gasteiger partial charge in [0.05, 0.1) is 17.6 Å². The second kappa shape index (κ2) is 12.4. The van der Waals surface area contributed by atoms with Gasteiger partial charge in [-0.2, -0.15) is 0 Å². The minimum Gasteiger partial charge on any atom is -0.494 e. The summed E-state index contributed by atoms with van der Waals surface area (Å²) in [5.41, 5.74) is 5.24. The van der Waals surface area contributed by atoms with Crippen LogP contribution >= 0.6 is 0 Å². The van der Waals surface area contributed by atoms with Gasteiger partial charge in [0.2, 0.25) is 0 Å². The summed E-state index contributed by atoms with van der Waals surface area (Å²) in [6, 6.07) is 24.4. The van der Waals surface area contributed by atoms with E-state index < -0.39 is 0 Å². The molecule has 36 heavy (non-hydrogen) atoms. The molecule has 4 rings (SSSR count). The average molecular weight is 484 g/mol. The van der Waals surface area contributed by atoms with Crippen LogP contribution in [0.15, 0.2) is 72.8 Å². The summed E-state index contributed by atoms with van der Waals surface area (Å²) in [5, 5.41) is 3.05. The number of benzene rings is 3. The topological polar surface area (TPSA) is 56.1 Å². The summed E-state index contributed by atoms with van der Waals surface area (Å²) in [4.78, 5) is 17.4. The fourth-order valence-corrected chi connectivity index (χ4v) is 4.48. The van der Waals surface area contributed by atoms with E-state index >= 15 is 0 Å². The van der Waals surface area contributed by atoms with Gasteiger partial charge in [-0.3, -0.25) is 4.79 Å². The Kier molecular flexibility index (Phi) is 8.77. The molecule has 0 aliphatic carbocycles. The lowest BCUT2D eigenvalue weighted by Gasteiger charge is -2.12. The molecule has 0 bridgehead atoms.